The number of nitrogens with zero attached hydrogens (tertiary/aromatic N) is 2. The highest BCUT2D eigenvalue weighted by Crippen LogP contribution is 2.43. The standard InChI is InChI=1S/C21H23ClN2S/c1-2-9-23-10-12-24(13-11-23)19-14-16-5-3-4-6-20(16)25-21-8-7-17(22)15-18(19)21/h2-8,15,19H,1,9-14H2. The molecule has 2 aromatic carbocycles. The number of hydrogen-bond acceptors (Lipinski definition) is 3. The highest BCUT2D eigenvalue weighted by molar-refractivity contribution is 7.99. The molecule has 0 radical (unpaired) electrons. The molecule has 0 bridgehead atoms. The van der Waals surface area contributed by atoms with Crippen molar-refractivity contribution in [3.05, 3.63) is 71.3 Å². The molecule has 0 spiro atoms. The summed E-state index contributed by atoms with van der Waals surface area (Å²) in [6.45, 7) is 9.25. The van der Waals surface area contributed by atoms with Gasteiger partial charge in [0.05, 0.1) is 0 Å². The first kappa shape index (κ1) is 17.2. The monoisotopic (exact) mass is 370 g/mol. The van der Waals surface area contributed by atoms with Crippen molar-refractivity contribution in [3.8, 4) is 0 Å². The fourth-order valence-electron chi connectivity index (χ4n) is 3.85. The van der Waals surface area contributed by atoms with E-state index >= 15 is 0 Å². The van der Waals surface area contributed by atoms with Gasteiger partial charge in [0.25, 0.3) is 0 Å². The van der Waals surface area contributed by atoms with Gasteiger partial charge in [-0.15, -0.1) is 6.58 Å². The summed E-state index contributed by atoms with van der Waals surface area (Å²) in [6.07, 6.45) is 3.06. The zero-order valence-electron chi connectivity index (χ0n) is 14.3. The summed E-state index contributed by atoms with van der Waals surface area (Å²) in [5, 5.41) is 0.834. The molecule has 0 amide bonds. The van der Waals surface area contributed by atoms with E-state index in [1.54, 1.807) is 0 Å². The smallest absolute Gasteiger partial charge is 0.0410 e. The van der Waals surface area contributed by atoms with Gasteiger partial charge >= 0.3 is 0 Å². The summed E-state index contributed by atoms with van der Waals surface area (Å²) in [4.78, 5) is 7.82. The number of rotatable bonds is 3. The Morgan fingerprint density at radius 3 is 2.68 bits per heavy atom. The first-order valence-corrected chi connectivity index (χ1v) is 10.1. The lowest BCUT2D eigenvalue weighted by Gasteiger charge is -2.39. The van der Waals surface area contributed by atoms with Crippen molar-refractivity contribution < 1.29 is 0 Å². The molecule has 1 unspecified atom stereocenters. The molecule has 25 heavy (non-hydrogen) atoms. The predicted octanol–water partition coefficient (Wildman–Crippen LogP) is 4.89. The van der Waals surface area contributed by atoms with Crippen molar-refractivity contribution >= 4 is 23.4 Å². The van der Waals surface area contributed by atoms with Crippen molar-refractivity contribution in [3.63, 3.8) is 0 Å². The highest BCUT2D eigenvalue weighted by Gasteiger charge is 2.29. The molecule has 130 valence electrons. The molecule has 4 rings (SSSR count). The van der Waals surface area contributed by atoms with E-state index in [-0.39, 0.29) is 0 Å². The Kier molecular flexibility index (Phi) is 5.18. The molecule has 0 aliphatic carbocycles. The fourth-order valence-corrected chi connectivity index (χ4v) is 5.14. The molecular weight excluding hydrogens is 348 g/mol. The van der Waals surface area contributed by atoms with E-state index in [0.29, 0.717) is 6.04 Å². The number of benzene rings is 2. The maximum Gasteiger partial charge on any atom is 0.0410 e. The molecule has 0 N–H and O–H groups in total. The van der Waals surface area contributed by atoms with Crippen LogP contribution < -0.4 is 0 Å². The second-order valence-corrected chi connectivity index (χ2v) is 8.26. The van der Waals surface area contributed by atoms with Crippen LogP contribution in [0.25, 0.3) is 0 Å². The van der Waals surface area contributed by atoms with Gasteiger partial charge in [0.2, 0.25) is 0 Å². The average molecular weight is 371 g/mol. The van der Waals surface area contributed by atoms with Crippen LogP contribution in [0.5, 0.6) is 0 Å². The summed E-state index contributed by atoms with van der Waals surface area (Å²) in [5.74, 6) is 0. The fraction of sp³-hybridized carbons (Fsp3) is 0.333. The molecule has 0 aromatic heterocycles. The number of halogens is 1. The number of fused-ring (bicyclic) bond motifs is 2. The molecule has 2 aliphatic heterocycles. The Morgan fingerprint density at radius 1 is 1.08 bits per heavy atom. The lowest BCUT2D eigenvalue weighted by molar-refractivity contribution is 0.101. The van der Waals surface area contributed by atoms with Gasteiger partial charge in [-0.2, -0.15) is 0 Å². The Hall–Kier alpha value is -1.26. The van der Waals surface area contributed by atoms with Crippen LogP contribution in [0.2, 0.25) is 5.02 Å². The quantitative estimate of drug-likeness (QED) is 0.710. The Bertz CT molecular complexity index is 768. The Morgan fingerprint density at radius 2 is 1.88 bits per heavy atom. The molecule has 1 fully saturated rings. The SMILES string of the molecule is C=CCN1CCN(C2Cc3ccccc3Sc3ccc(Cl)cc32)CC1. The molecule has 4 heteroatoms. The maximum absolute atomic E-state index is 6.36. The zero-order valence-corrected chi connectivity index (χ0v) is 15.9. The Balaban J connectivity index is 1.66. The minimum Gasteiger partial charge on any atom is -0.297 e. The third-order valence-electron chi connectivity index (χ3n) is 5.17. The third-order valence-corrected chi connectivity index (χ3v) is 6.62. The minimum absolute atomic E-state index is 0.399. The topological polar surface area (TPSA) is 6.48 Å². The minimum atomic E-state index is 0.399. The van der Waals surface area contributed by atoms with Gasteiger partial charge < -0.3 is 0 Å². The number of hydrogen-bond donors (Lipinski definition) is 0. The van der Waals surface area contributed by atoms with Crippen LogP contribution in [0.15, 0.2) is 64.9 Å². The van der Waals surface area contributed by atoms with Gasteiger partial charge in [-0.3, -0.25) is 9.80 Å². The lowest BCUT2D eigenvalue weighted by atomic mass is 9.96. The largest absolute Gasteiger partial charge is 0.297 e. The van der Waals surface area contributed by atoms with Gasteiger partial charge in [0.15, 0.2) is 0 Å². The van der Waals surface area contributed by atoms with Crippen molar-refractivity contribution in [1.82, 2.24) is 9.80 Å². The highest BCUT2D eigenvalue weighted by atomic mass is 35.5. The van der Waals surface area contributed by atoms with Gasteiger partial charge in [-0.1, -0.05) is 47.6 Å². The summed E-state index contributed by atoms with van der Waals surface area (Å²) in [5.41, 5.74) is 2.82. The van der Waals surface area contributed by atoms with Crippen molar-refractivity contribution in [1.29, 1.82) is 0 Å². The molecule has 1 atom stereocenters. The van der Waals surface area contributed by atoms with Gasteiger partial charge in [0.1, 0.15) is 0 Å². The first-order chi connectivity index (χ1) is 12.2. The summed E-state index contributed by atoms with van der Waals surface area (Å²) in [7, 11) is 0. The first-order valence-electron chi connectivity index (χ1n) is 8.87. The van der Waals surface area contributed by atoms with Gasteiger partial charge in [-0.25, -0.2) is 0 Å². The van der Waals surface area contributed by atoms with Crippen LogP contribution in [-0.4, -0.2) is 42.5 Å². The molecule has 2 heterocycles. The van der Waals surface area contributed by atoms with E-state index in [1.165, 1.54) is 20.9 Å². The van der Waals surface area contributed by atoms with Crippen LogP contribution in [0, 0.1) is 0 Å². The van der Waals surface area contributed by atoms with Gasteiger partial charge in [0, 0.05) is 53.6 Å². The van der Waals surface area contributed by atoms with Crippen LogP contribution in [-0.2, 0) is 6.42 Å². The molecule has 1 saturated heterocycles. The second kappa shape index (κ2) is 7.55. The van der Waals surface area contributed by atoms with Crippen LogP contribution in [0.3, 0.4) is 0 Å². The normalized spacial score (nSPS) is 21.2. The van der Waals surface area contributed by atoms with E-state index in [2.05, 4.69) is 52.8 Å². The second-order valence-electron chi connectivity index (χ2n) is 6.74. The van der Waals surface area contributed by atoms with E-state index in [9.17, 15) is 0 Å². The summed E-state index contributed by atoms with van der Waals surface area (Å²) in [6, 6.07) is 15.6. The van der Waals surface area contributed by atoms with Crippen LogP contribution >= 0.6 is 23.4 Å². The average Bonchev–Trinajstić information content (AvgIpc) is 2.79. The Labute approximate surface area is 159 Å². The van der Waals surface area contributed by atoms with Gasteiger partial charge in [-0.05, 0) is 41.8 Å². The molecule has 2 nitrogen and oxygen atoms in total. The molecule has 2 aliphatic rings. The summed E-state index contributed by atoms with van der Waals surface area (Å²) < 4.78 is 0. The van der Waals surface area contributed by atoms with Crippen molar-refractivity contribution in [2.24, 2.45) is 0 Å². The third kappa shape index (κ3) is 3.65. The lowest BCUT2D eigenvalue weighted by Crippen LogP contribution is -2.47. The maximum atomic E-state index is 6.36. The van der Waals surface area contributed by atoms with E-state index in [1.807, 2.05) is 23.9 Å². The van der Waals surface area contributed by atoms with Crippen LogP contribution in [0.1, 0.15) is 17.2 Å². The van der Waals surface area contributed by atoms with E-state index < -0.39 is 0 Å². The molecule has 0 saturated carbocycles. The van der Waals surface area contributed by atoms with Crippen LogP contribution in [0.4, 0.5) is 0 Å². The van der Waals surface area contributed by atoms with E-state index in [4.69, 9.17) is 11.6 Å². The zero-order chi connectivity index (χ0) is 17.2. The molecule has 2 aromatic rings. The number of piperazine rings is 1. The van der Waals surface area contributed by atoms with E-state index in [0.717, 1.165) is 44.2 Å². The summed E-state index contributed by atoms with van der Waals surface area (Å²) >= 11 is 8.24. The van der Waals surface area contributed by atoms with Crippen molar-refractivity contribution in [2.45, 2.75) is 22.3 Å². The predicted molar refractivity (Wildman–Crippen MR) is 107 cm³/mol. The van der Waals surface area contributed by atoms with Crippen molar-refractivity contribution in [2.75, 3.05) is 32.7 Å². The molecular formula is C21H23ClN2S.